The zero-order valence-electron chi connectivity index (χ0n) is 28.6. The van der Waals surface area contributed by atoms with Crippen molar-refractivity contribution in [2.24, 2.45) is 0 Å². The summed E-state index contributed by atoms with van der Waals surface area (Å²) < 4.78 is 3.60. The van der Waals surface area contributed by atoms with Gasteiger partial charge in [0.2, 0.25) is 0 Å². The Balaban J connectivity index is 1.12. The van der Waals surface area contributed by atoms with Crippen molar-refractivity contribution in [2.45, 2.75) is 41.0 Å². The Morgan fingerprint density at radius 2 is 1.20 bits per heavy atom. The molecule has 0 unspecified atom stereocenters. The first-order valence-electron chi connectivity index (χ1n) is 16.5. The Labute approximate surface area is 288 Å². The van der Waals surface area contributed by atoms with Crippen LogP contribution < -0.4 is 11.5 Å². The van der Waals surface area contributed by atoms with Crippen LogP contribution in [0, 0.1) is 34.6 Å². The number of nitrogens with two attached hydrogens (primary N) is 2. The van der Waals surface area contributed by atoms with Crippen LogP contribution in [-0.2, 0) is 6.42 Å². The van der Waals surface area contributed by atoms with Crippen molar-refractivity contribution in [1.29, 1.82) is 0 Å². The molecule has 250 valence electrons. The number of nitrogens with one attached hydrogen (secondary N) is 2. The van der Waals surface area contributed by atoms with Gasteiger partial charge in [-0.1, -0.05) is 24.3 Å². The molecule has 0 amide bonds. The van der Waals surface area contributed by atoms with Gasteiger partial charge in [-0.3, -0.25) is 9.13 Å². The zero-order valence-corrected chi connectivity index (χ0v) is 28.6. The first kappa shape index (κ1) is 30.9. The molecule has 8 rings (SSSR count). The molecule has 0 spiro atoms. The summed E-state index contributed by atoms with van der Waals surface area (Å²) in [5.41, 5.74) is 26.9. The van der Waals surface area contributed by atoms with E-state index in [9.17, 15) is 10.2 Å². The van der Waals surface area contributed by atoms with E-state index in [4.69, 9.17) is 21.4 Å². The fourth-order valence-corrected chi connectivity index (χ4v) is 7.13. The second kappa shape index (κ2) is 11.3. The number of benzene rings is 4. The predicted molar refractivity (Wildman–Crippen MR) is 200 cm³/mol. The van der Waals surface area contributed by atoms with Crippen LogP contribution in [0.4, 0.5) is 11.6 Å². The zero-order chi connectivity index (χ0) is 35.0. The molecular weight excluding hydrogens is 624 g/mol. The van der Waals surface area contributed by atoms with Gasteiger partial charge < -0.3 is 31.6 Å². The van der Waals surface area contributed by atoms with E-state index in [0.717, 1.165) is 72.4 Å². The smallest absolute Gasteiger partial charge is 0.146 e. The normalized spacial score (nSPS) is 11.7. The summed E-state index contributed by atoms with van der Waals surface area (Å²) in [5, 5.41) is 22.0. The van der Waals surface area contributed by atoms with Gasteiger partial charge >= 0.3 is 0 Å². The number of nitrogen functional groups attached to an aromatic ring is 2. The van der Waals surface area contributed by atoms with Crippen LogP contribution in [0.2, 0.25) is 0 Å². The standard InChI is InChI=1S/C40H38N8O2/c1-20-6-8-29-31(15-20)45-39(43-29)34-32(49)19-48(37(34)41)28-14-23(4)11-25(17-28)16-26-7-9-30-36(24(26)5)46-40(44-30)35-33(50)18-47(38(35)42)27-12-21(2)10-22(3)13-27/h6-15,17-19,49-50H,16,41-42H2,1-5H3,(H,43,45)(H,44,46). The maximum atomic E-state index is 11.0. The van der Waals surface area contributed by atoms with Crippen molar-refractivity contribution in [3.05, 3.63) is 118 Å². The average molecular weight is 663 g/mol. The fraction of sp³-hybridized carbons (Fsp3) is 0.150. The second-order valence-electron chi connectivity index (χ2n) is 13.4. The number of hydrogen-bond acceptors (Lipinski definition) is 6. The average Bonchev–Trinajstić information content (AvgIpc) is 3.80. The van der Waals surface area contributed by atoms with Gasteiger partial charge in [0.25, 0.3) is 0 Å². The quantitative estimate of drug-likeness (QED) is 0.106. The van der Waals surface area contributed by atoms with E-state index in [2.05, 4.69) is 41.2 Å². The maximum absolute atomic E-state index is 11.0. The first-order valence-corrected chi connectivity index (χ1v) is 16.5. The Kier molecular flexibility index (Phi) is 7.00. The lowest BCUT2D eigenvalue weighted by atomic mass is 9.98. The molecule has 8 aromatic rings. The molecule has 4 aromatic carbocycles. The van der Waals surface area contributed by atoms with Crippen molar-refractivity contribution in [3.8, 4) is 45.6 Å². The highest BCUT2D eigenvalue weighted by molar-refractivity contribution is 5.88. The van der Waals surface area contributed by atoms with E-state index in [1.165, 1.54) is 0 Å². The number of aryl methyl sites for hydroxylation is 5. The lowest BCUT2D eigenvalue weighted by molar-refractivity contribution is 0.476. The fourth-order valence-electron chi connectivity index (χ4n) is 7.13. The molecule has 0 saturated heterocycles. The maximum Gasteiger partial charge on any atom is 0.146 e. The lowest BCUT2D eigenvalue weighted by Crippen LogP contribution is -2.02. The number of nitrogens with zero attached hydrogens (tertiary/aromatic N) is 4. The van der Waals surface area contributed by atoms with Gasteiger partial charge in [0, 0.05) is 11.4 Å². The van der Waals surface area contributed by atoms with Gasteiger partial charge in [0.15, 0.2) is 0 Å². The third kappa shape index (κ3) is 5.13. The minimum atomic E-state index is 0.0491. The summed E-state index contributed by atoms with van der Waals surface area (Å²) in [6, 6.07) is 22.5. The number of imidazole rings is 2. The van der Waals surface area contributed by atoms with Crippen molar-refractivity contribution < 1.29 is 10.2 Å². The van der Waals surface area contributed by atoms with Gasteiger partial charge in [0.05, 0.1) is 34.5 Å². The van der Waals surface area contributed by atoms with Gasteiger partial charge in [-0.2, -0.15) is 0 Å². The highest BCUT2D eigenvalue weighted by atomic mass is 16.3. The number of aromatic amines is 2. The molecule has 0 aliphatic rings. The molecule has 50 heavy (non-hydrogen) atoms. The number of aromatic hydroxyl groups is 2. The molecule has 0 aliphatic carbocycles. The minimum absolute atomic E-state index is 0.0491. The summed E-state index contributed by atoms with van der Waals surface area (Å²) in [6.07, 6.45) is 3.92. The van der Waals surface area contributed by atoms with Gasteiger partial charge in [-0.25, -0.2) is 9.97 Å². The molecule has 4 heterocycles. The first-order chi connectivity index (χ1) is 23.9. The molecule has 8 N–H and O–H groups in total. The third-order valence-corrected chi connectivity index (χ3v) is 9.46. The Morgan fingerprint density at radius 3 is 1.86 bits per heavy atom. The summed E-state index contributed by atoms with van der Waals surface area (Å²) in [5.74, 6) is 1.93. The van der Waals surface area contributed by atoms with E-state index in [1.54, 1.807) is 21.5 Å². The van der Waals surface area contributed by atoms with E-state index in [1.807, 2.05) is 70.2 Å². The molecule has 0 aliphatic heterocycles. The molecule has 4 aromatic heterocycles. The van der Waals surface area contributed by atoms with E-state index in [0.29, 0.717) is 40.8 Å². The van der Waals surface area contributed by atoms with Crippen LogP contribution in [-0.4, -0.2) is 39.3 Å². The molecule has 0 saturated carbocycles. The summed E-state index contributed by atoms with van der Waals surface area (Å²) in [6.45, 7) is 10.2. The van der Waals surface area contributed by atoms with Crippen LogP contribution in [0.5, 0.6) is 11.5 Å². The van der Waals surface area contributed by atoms with Gasteiger partial charge in [-0.15, -0.1) is 0 Å². The SMILES string of the molecule is Cc1cc(Cc2ccc3[nH]c(-c4c(O)cn(-c5cc(C)cc(C)c5)c4N)nc3c2C)cc(-n2cc(O)c(-c3nc4ccc(C)cc4[nH]3)c2N)c1. The van der Waals surface area contributed by atoms with Crippen molar-refractivity contribution in [1.82, 2.24) is 29.1 Å². The summed E-state index contributed by atoms with van der Waals surface area (Å²) in [7, 11) is 0. The number of anilines is 2. The van der Waals surface area contributed by atoms with Gasteiger partial charge in [-0.05, 0) is 122 Å². The molecule has 0 fully saturated rings. The Bertz CT molecular complexity index is 2610. The van der Waals surface area contributed by atoms with Gasteiger partial charge in [0.1, 0.15) is 45.9 Å². The molecule has 0 bridgehead atoms. The number of aromatic nitrogens is 6. The Morgan fingerprint density at radius 1 is 0.620 bits per heavy atom. The Hall–Kier alpha value is -6.42. The minimum Gasteiger partial charge on any atom is -0.505 e. The number of rotatable bonds is 6. The molecule has 10 heteroatoms. The van der Waals surface area contributed by atoms with Crippen LogP contribution in [0.25, 0.3) is 56.2 Å². The number of H-pyrrole nitrogens is 2. The van der Waals surface area contributed by atoms with Crippen molar-refractivity contribution in [2.75, 3.05) is 11.5 Å². The highest BCUT2D eigenvalue weighted by Crippen LogP contribution is 2.40. The van der Waals surface area contributed by atoms with Crippen LogP contribution in [0.15, 0.2) is 79.1 Å². The van der Waals surface area contributed by atoms with Crippen LogP contribution in [0.3, 0.4) is 0 Å². The number of hydrogen-bond donors (Lipinski definition) is 6. The third-order valence-electron chi connectivity index (χ3n) is 9.46. The van der Waals surface area contributed by atoms with E-state index >= 15 is 0 Å². The highest BCUT2D eigenvalue weighted by Gasteiger charge is 2.22. The van der Waals surface area contributed by atoms with E-state index < -0.39 is 0 Å². The van der Waals surface area contributed by atoms with Crippen LogP contribution in [0.1, 0.15) is 38.9 Å². The van der Waals surface area contributed by atoms with Crippen molar-refractivity contribution in [3.63, 3.8) is 0 Å². The molecule has 0 atom stereocenters. The topological polar surface area (TPSA) is 160 Å². The monoisotopic (exact) mass is 662 g/mol. The molecule has 10 nitrogen and oxygen atoms in total. The largest absolute Gasteiger partial charge is 0.505 e. The van der Waals surface area contributed by atoms with Crippen LogP contribution >= 0.6 is 0 Å². The molecular formula is C40H38N8O2. The second-order valence-corrected chi connectivity index (χ2v) is 13.4. The molecule has 0 radical (unpaired) electrons. The van der Waals surface area contributed by atoms with E-state index in [-0.39, 0.29) is 11.5 Å². The van der Waals surface area contributed by atoms with Crippen molar-refractivity contribution >= 4 is 33.7 Å². The lowest BCUT2D eigenvalue weighted by Gasteiger charge is -2.12. The number of fused-ring (bicyclic) bond motifs is 2. The predicted octanol–water partition coefficient (Wildman–Crippen LogP) is 8.06. The summed E-state index contributed by atoms with van der Waals surface area (Å²) >= 11 is 0. The summed E-state index contributed by atoms with van der Waals surface area (Å²) in [4.78, 5) is 16.3.